The Morgan fingerprint density at radius 3 is 2.14 bits per heavy atom. The molecule has 14 heavy (non-hydrogen) atoms. The SMILES string of the molecule is CCCCCCCCC(COC)OC. The quantitative estimate of drug-likeness (QED) is 0.505. The monoisotopic (exact) mass is 202 g/mol. The first kappa shape index (κ1) is 13.9. The van der Waals surface area contributed by atoms with Gasteiger partial charge in [0.1, 0.15) is 0 Å². The molecule has 86 valence electrons. The van der Waals surface area contributed by atoms with E-state index in [1.807, 2.05) is 0 Å². The van der Waals surface area contributed by atoms with E-state index in [1.165, 1.54) is 38.5 Å². The highest BCUT2D eigenvalue weighted by molar-refractivity contribution is 4.56. The van der Waals surface area contributed by atoms with Gasteiger partial charge < -0.3 is 9.47 Å². The molecule has 0 aliphatic rings. The van der Waals surface area contributed by atoms with E-state index in [9.17, 15) is 0 Å². The Hall–Kier alpha value is -0.0800. The van der Waals surface area contributed by atoms with Crippen molar-refractivity contribution in [1.29, 1.82) is 0 Å². The minimum Gasteiger partial charge on any atom is -0.382 e. The Balaban J connectivity index is 3.15. The summed E-state index contributed by atoms with van der Waals surface area (Å²) in [4.78, 5) is 0. The van der Waals surface area contributed by atoms with Crippen molar-refractivity contribution in [3.05, 3.63) is 0 Å². The van der Waals surface area contributed by atoms with Gasteiger partial charge in [0, 0.05) is 14.2 Å². The van der Waals surface area contributed by atoms with Gasteiger partial charge in [0.15, 0.2) is 0 Å². The highest BCUT2D eigenvalue weighted by Gasteiger charge is 2.05. The van der Waals surface area contributed by atoms with Gasteiger partial charge in [-0.2, -0.15) is 0 Å². The second-order valence-corrected chi connectivity index (χ2v) is 3.87. The van der Waals surface area contributed by atoms with E-state index in [0.29, 0.717) is 6.10 Å². The van der Waals surface area contributed by atoms with E-state index >= 15 is 0 Å². The molecule has 0 amide bonds. The zero-order valence-corrected chi connectivity index (χ0v) is 10.1. The summed E-state index contributed by atoms with van der Waals surface area (Å²) in [6.07, 6.45) is 9.50. The van der Waals surface area contributed by atoms with Crippen LogP contribution in [0, 0.1) is 0 Å². The molecule has 0 aliphatic heterocycles. The second kappa shape index (κ2) is 11.0. The molecule has 0 spiro atoms. The number of rotatable bonds is 10. The predicted molar refractivity (Wildman–Crippen MR) is 60.7 cm³/mol. The van der Waals surface area contributed by atoms with E-state index in [-0.39, 0.29) is 0 Å². The molecule has 1 unspecified atom stereocenters. The van der Waals surface area contributed by atoms with Crippen molar-refractivity contribution in [3.63, 3.8) is 0 Å². The number of unbranched alkanes of at least 4 members (excludes halogenated alkanes) is 5. The number of methoxy groups -OCH3 is 2. The fraction of sp³-hybridized carbons (Fsp3) is 1.00. The lowest BCUT2D eigenvalue weighted by Gasteiger charge is -2.13. The van der Waals surface area contributed by atoms with Crippen molar-refractivity contribution in [2.24, 2.45) is 0 Å². The molecule has 0 bridgehead atoms. The lowest BCUT2D eigenvalue weighted by Crippen LogP contribution is -2.16. The molecule has 0 saturated carbocycles. The molecular weight excluding hydrogens is 176 g/mol. The summed E-state index contributed by atoms with van der Waals surface area (Å²) in [6, 6.07) is 0. The number of hydrogen-bond donors (Lipinski definition) is 0. The molecule has 0 aromatic heterocycles. The normalized spacial score (nSPS) is 13.1. The third-order valence-electron chi connectivity index (χ3n) is 2.57. The van der Waals surface area contributed by atoms with Gasteiger partial charge in [-0.1, -0.05) is 45.4 Å². The number of hydrogen-bond acceptors (Lipinski definition) is 2. The Kier molecular flexibility index (Phi) is 10.9. The Labute approximate surface area is 89.0 Å². The minimum absolute atomic E-state index is 0.297. The topological polar surface area (TPSA) is 18.5 Å². The molecule has 0 aromatic carbocycles. The zero-order valence-electron chi connectivity index (χ0n) is 10.1. The van der Waals surface area contributed by atoms with Crippen LogP contribution >= 0.6 is 0 Å². The molecule has 0 rings (SSSR count). The summed E-state index contributed by atoms with van der Waals surface area (Å²) in [5, 5.41) is 0. The maximum Gasteiger partial charge on any atom is 0.0804 e. The van der Waals surface area contributed by atoms with Gasteiger partial charge in [-0.15, -0.1) is 0 Å². The molecule has 0 fully saturated rings. The predicted octanol–water partition coefficient (Wildman–Crippen LogP) is 3.40. The highest BCUT2D eigenvalue weighted by Crippen LogP contribution is 2.10. The summed E-state index contributed by atoms with van der Waals surface area (Å²) < 4.78 is 10.4. The van der Waals surface area contributed by atoms with Gasteiger partial charge in [-0.05, 0) is 6.42 Å². The molecule has 0 aliphatic carbocycles. The van der Waals surface area contributed by atoms with Crippen LogP contribution < -0.4 is 0 Å². The third kappa shape index (κ3) is 8.52. The molecule has 0 aromatic rings. The largest absolute Gasteiger partial charge is 0.382 e. The second-order valence-electron chi connectivity index (χ2n) is 3.87. The minimum atomic E-state index is 0.297. The van der Waals surface area contributed by atoms with Gasteiger partial charge in [0.25, 0.3) is 0 Å². The highest BCUT2D eigenvalue weighted by atomic mass is 16.5. The van der Waals surface area contributed by atoms with E-state index in [4.69, 9.17) is 9.47 Å². The van der Waals surface area contributed by atoms with Crippen molar-refractivity contribution in [1.82, 2.24) is 0 Å². The van der Waals surface area contributed by atoms with Crippen molar-refractivity contribution in [2.45, 2.75) is 58.0 Å². The van der Waals surface area contributed by atoms with Gasteiger partial charge in [-0.3, -0.25) is 0 Å². The lowest BCUT2D eigenvalue weighted by atomic mass is 10.1. The summed E-state index contributed by atoms with van der Waals surface area (Å²) >= 11 is 0. The fourth-order valence-corrected chi connectivity index (χ4v) is 1.61. The van der Waals surface area contributed by atoms with Gasteiger partial charge in [0.2, 0.25) is 0 Å². The smallest absolute Gasteiger partial charge is 0.0804 e. The maximum atomic E-state index is 5.29. The summed E-state index contributed by atoms with van der Waals surface area (Å²) in [5.74, 6) is 0. The van der Waals surface area contributed by atoms with Gasteiger partial charge in [-0.25, -0.2) is 0 Å². The van der Waals surface area contributed by atoms with E-state index in [0.717, 1.165) is 13.0 Å². The lowest BCUT2D eigenvalue weighted by molar-refractivity contribution is 0.0220. The molecule has 0 saturated heterocycles. The number of ether oxygens (including phenoxy) is 2. The first-order valence-corrected chi connectivity index (χ1v) is 5.86. The van der Waals surface area contributed by atoms with Crippen molar-refractivity contribution in [2.75, 3.05) is 20.8 Å². The van der Waals surface area contributed by atoms with Crippen LogP contribution in [-0.4, -0.2) is 26.9 Å². The molecule has 0 N–H and O–H groups in total. The summed E-state index contributed by atoms with van der Waals surface area (Å²) in [5.41, 5.74) is 0. The molecule has 2 nitrogen and oxygen atoms in total. The molecule has 1 atom stereocenters. The molecule has 2 heteroatoms. The summed E-state index contributed by atoms with van der Waals surface area (Å²) in [7, 11) is 3.49. The van der Waals surface area contributed by atoms with Crippen molar-refractivity contribution < 1.29 is 9.47 Å². The van der Waals surface area contributed by atoms with Crippen LogP contribution in [-0.2, 0) is 9.47 Å². The Morgan fingerprint density at radius 1 is 0.929 bits per heavy atom. The van der Waals surface area contributed by atoms with Crippen LogP contribution in [0.5, 0.6) is 0 Å². The van der Waals surface area contributed by atoms with Crippen LogP contribution in [0.2, 0.25) is 0 Å². The van der Waals surface area contributed by atoms with Crippen LogP contribution in [0.4, 0.5) is 0 Å². The average molecular weight is 202 g/mol. The molecular formula is C12H26O2. The van der Waals surface area contributed by atoms with Gasteiger partial charge in [0.05, 0.1) is 12.7 Å². The zero-order chi connectivity index (χ0) is 10.6. The molecule has 0 radical (unpaired) electrons. The first-order chi connectivity index (χ1) is 6.85. The van der Waals surface area contributed by atoms with Crippen LogP contribution in [0.3, 0.4) is 0 Å². The fourth-order valence-electron chi connectivity index (χ4n) is 1.61. The standard InChI is InChI=1S/C12H26O2/c1-4-5-6-7-8-9-10-12(14-3)11-13-2/h12H,4-11H2,1-3H3. The Bertz CT molecular complexity index is 104. The Morgan fingerprint density at radius 2 is 1.57 bits per heavy atom. The van der Waals surface area contributed by atoms with Crippen LogP contribution in [0.25, 0.3) is 0 Å². The summed E-state index contributed by atoms with van der Waals surface area (Å²) in [6.45, 7) is 2.98. The molecule has 0 heterocycles. The average Bonchev–Trinajstić information content (AvgIpc) is 2.21. The first-order valence-electron chi connectivity index (χ1n) is 5.86. The van der Waals surface area contributed by atoms with Crippen molar-refractivity contribution in [3.8, 4) is 0 Å². The van der Waals surface area contributed by atoms with Crippen LogP contribution in [0.15, 0.2) is 0 Å². The van der Waals surface area contributed by atoms with Crippen molar-refractivity contribution >= 4 is 0 Å². The van der Waals surface area contributed by atoms with Gasteiger partial charge >= 0.3 is 0 Å². The van der Waals surface area contributed by atoms with E-state index in [2.05, 4.69) is 6.92 Å². The maximum absolute atomic E-state index is 5.29. The van der Waals surface area contributed by atoms with E-state index < -0.39 is 0 Å². The third-order valence-corrected chi connectivity index (χ3v) is 2.57. The van der Waals surface area contributed by atoms with Crippen LogP contribution in [0.1, 0.15) is 51.9 Å². The van der Waals surface area contributed by atoms with E-state index in [1.54, 1.807) is 14.2 Å².